The standard InChI is InChI=1S/C12H23NO4/c1-3-5-7-10(12(15)16)13-11(14)9-17-8-6-4-2/h10H,3-9H2,1-2H3,(H,13,14)(H,15,16)/t10-/m0/s1. The molecule has 0 rings (SSSR count). The van der Waals surface area contributed by atoms with Crippen molar-refractivity contribution in [2.24, 2.45) is 0 Å². The molecule has 0 radical (unpaired) electrons. The van der Waals surface area contributed by atoms with Crippen LogP contribution in [-0.4, -0.2) is 36.2 Å². The third-order valence-corrected chi connectivity index (χ3v) is 2.36. The predicted octanol–water partition coefficient (Wildman–Crippen LogP) is 1.56. The van der Waals surface area contributed by atoms with Crippen molar-refractivity contribution in [1.29, 1.82) is 0 Å². The molecule has 0 heterocycles. The van der Waals surface area contributed by atoms with Crippen LogP contribution in [0.2, 0.25) is 0 Å². The number of carboxylic acid groups (broad SMARTS) is 1. The fraction of sp³-hybridized carbons (Fsp3) is 0.833. The number of carbonyl (C=O) groups is 2. The lowest BCUT2D eigenvalue weighted by Gasteiger charge is -2.14. The zero-order valence-corrected chi connectivity index (χ0v) is 10.7. The fourth-order valence-corrected chi connectivity index (χ4v) is 1.31. The lowest BCUT2D eigenvalue weighted by Crippen LogP contribution is -2.42. The van der Waals surface area contributed by atoms with Gasteiger partial charge in [0.2, 0.25) is 5.91 Å². The monoisotopic (exact) mass is 245 g/mol. The number of unbranched alkanes of at least 4 members (excludes halogenated alkanes) is 2. The number of ether oxygens (including phenoxy) is 1. The van der Waals surface area contributed by atoms with Gasteiger partial charge in [0.25, 0.3) is 0 Å². The minimum Gasteiger partial charge on any atom is -0.480 e. The second-order valence-corrected chi connectivity index (χ2v) is 4.01. The molecule has 0 aliphatic heterocycles. The summed E-state index contributed by atoms with van der Waals surface area (Å²) in [7, 11) is 0. The average Bonchev–Trinajstić information content (AvgIpc) is 2.29. The van der Waals surface area contributed by atoms with Gasteiger partial charge in [-0.1, -0.05) is 33.1 Å². The van der Waals surface area contributed by atoms with Gasteiger partial charge in [-0.15, -0.1) is 0 Å². The Hall–Kier alpha value is -1.10. The molecule has 0 saturated heterocycles. The molecule has 0 aliphatic carbocycles. The topological polar surface area (TPSA) is 75.6 Å². The molecule has 1 atom stereocenters. The van der Waals surface area contributed by atoms with Crippen molar-refractivity contribution < 1.29 is 19.4 Å². The van der Waals surface area contributed by atoms with Crippen LogP contribution < -0.4 is 5.32 Å². The lowest BCUT2D eigenvalue weighted by atomic mass is 10.1. The Morgan fingerprint density at radius 2 is 1.88 bits per heavy atom. The highest BCUT2D eigenvalue weighted by atomic mass is 16.5. The van der Waals surface area contributed by atoms with E-state index in [1.165, 1.54) is 0 Å². The van der Waals surface area contributed by atoms with Crippen LogP contribution in [0.4, 0.5) is 0 Å². The highest BCUT2D eigenvalue weighted by molar-refractivity contribution is 5.84. The Balaban J connectivity index is 3.83. The van der Waals surface area contributed by atoms with Crippen LogP contribution in [0.15, 0.2) is 0 Å². The summed E-state index contributed by atoms with van der Waals surface area (Å²) in [6, 6.07) is -0.794. The SMILES string of the molecule is CCCCOCC(=O)N[C@@H](CCCC)C(=O)O. The zero-order chi connectivity index (χ0) is 13.1. The number of rotatable bonds is 10. The maximum Gasteiger partial charge on any atom is 0.326 e. The molecule has 0 fully saturated rings. The van der Waals surface area contributed by atoms with Crippen molar-refractivity contribution in [3.8, 4) is 0 Å². The van der Waals surface area contributed by atoms with Crippen molar-refractivity contribution in [3.63, 3.8) is 0 Å². The zero-order valence-electron chi connectivity index (χ0n) is 10.7. The van der Waals surface area contributed by atoms with Crippen LogP contribution in [0.1, 0.15) is 46.0 Å². The van der Waals surface area contributed by atoms with E-state index < -0.39 is 12.0 Å². The summed E-state index contributed by atoms with van der Waals surface area (Å²) in [5.41, 5.74) is 0. The number of carbonyl (C=O) groups excluding carboxylic acids is 1. The van der Waals surface area contributed by atoms with E-state index in [1.807, 2.05) is 13.8 Å². The van der Waals surface area contributed by atoms with Crippen molar-refractivity contribution in [1.82, 2.24) is 5.32 Å². The largest absolute Gasteiger partial charge is 0.480 e. The number of hydrogen-bond acceptors (Lipinski definition) is 3. The first-order chi connectivity index (χ1) is 8.11. The van der Waals surface area contributed by atoms with Gasteiger partial charge in [-0.3, -0.25) is 4.79 Å². The number of nitrogens with one attached hydrogen (secondary N) is 1. The van der Waals surface area contributed by atoms with Gasteiger partial charge in [0.05, 0.1) is 0 Å². The normalized spacial score (nSPS) is 12.1. The van der Waals surface area contributed by atoms with Crippen molar-refractivity contribution in [2.45, 2.75) is 52.0 Å². The maximum atomic E-state index is 11.4. The van der Waals surface area contributed by atoms with Crippen LogP contribution in [0.5, 0.6) is 0 Å². The van der Waals surface area contributed by atoms with Crippen molar-refractivity contribution in [2.75, 3.05) is 13.2 Å². The van der Waals surface area contributed by atoms with Crippen LogP contribution in [0.3, 0.4) is 0 Å². The van der Waals surface area contributed by atoms with Gasteiger partial charge in [-0.25, -0.2) is 4.79 Å². The Labute approximate surface area is 103 Å². The number of carboxylic acids is 1. The summed E-state index contributed by atoms with van der Waals surface area (Å²) in [4.78, 5) is 22.2. The molecule has 0 unspecified atom stereocenters. The smallest absolute Gasteiger partial charge is 0.326 e. The maximum absolute atomic E-state index is 11.4. The summed E-state index contributed by atoms with van der Waals surface area (Å²) in [5.74, 6) is -1.34. The number of aliphatic carboxylic acids is 1. The van der Waals surface area contributed by atoms with Gasteiger partial charge in [-0.05, 0) is 12.8 Å². The first-order valence-electron chi connectivity index (χ1n) is 6.21. The highest BCUT2D eigenvalue weighted by Gasteiger charge is 2.18. The lowest BCUT2D eigenvalue weighted by molar-refractivity contribution is -0.142. The quantitative estimate of drug-likeness (QED) is 0.573. The molecule has 0 aromatic rings. The molecule has 0 saturated carbocycles. The average molecular weight is 245 g/mol. The molecule has 1 amide bonds. The minimum atomic E-state index is -0.986. The highest BCUT2D eigenvalue weighted by Crippen LogP contribution is 2.00. The van der Waals surface area contributed by atoms with Crippen molar-refractivity contribution >= 4 is 11.9 Å². The molecule has 17 heavy (non-hydrogen) atoms. The van der Waals surface area contributed by atoms with E-state index in [0.717, 1.165) is 25.7 Å². The van der Waals surface area contributed by atoms with E-state index in [0.29, 0.717) is 13.0 Å². The van der Waals surface area contributed by atoms with Gasteiger partial charge in [0.1, 0.15) is 12.6 Å². The van der Waals surface area contributed by atoms with Gasteiger partial charge in [0.15, 0.2) is 0 Å². The van der Waals surface area contributed by atoms with E-state index >= 15 is 0 Å². The second-order valence-electron chi connectivity index (χ2n) is 4.01. The summed E-state index contributed by atoms with van der Waals surface area (Å²) < 4.78 is 5.12. The molecule has 0 spiro atoms. The molecule has 5 nitrogen and oxygen atoms in total. The summed E-state index contributed by atoms with van der Waals surface area (Å²) in [6.07, 6.45) is 4.08. The predicted molar refractivity (Wildman–Crippen MR) is 64.8 cm³/mol. The Morgan fingerprint density at radius 3 is 2.41 bits per heavy atom. The fourth-order valence-electron chi connectivity index (χ4n) is 1.31. The molecule has 0 aliphatic rings. The summed E-state index contributed by atoms with van der Waals surface area (Å²) in [6.45, 7) is 4.50. The molecule has 5 heteroatoms. The Morgan fingerprint density at radius 1 is 1.24 bits per heavy atom. The van der Waals surface area contributed by atoms with E-state index in [9.17, 15) is 9.59 Å². The van der Waals surface area contributed by atoms with Gasteiger partial charge in [0, 0.05) is 6.61 Å². The van der Waals surface area contributed by atoms with Gasteiger partial charge in [-0.2, -0.15) is 0 Å². The Bertz CT molecular complexity index is 231. The molecule has 0 aromatic carbocycles. The first-order valence-corrected chi connectivity index (χ1v) is 6.21. The van der Waals surface area contributed by atoms with Crippen molar-refractivity contribution in [3.05, 3.63) is 0 Å². The van der Waals surface area contributed by atoms with E-state index in [1.54, 1.807) is 0 Å². The number of amides is 1. The van der Waals surface area contributed by atoms with Crippen LogP contribution in [0.25, 0.3) is 0 Å². The molecular formula is C12H23NO4. The third kappa shape index (κ3) is 8.68. The minimum absolute atomic E-state index is 0.0596. The van der Waals surface area contributed by atoms with Crippen LogP contribution in [0, 0.1) is 0 Å². The summed E-state index contributed by atoms with van der Waals surface area (Å²) in [5, 5.41) is 11.4. The molecule has 0 bridgehead atoms. The van der Waals surface area contributed by atoms with Crippen LogP contribution in [-0.2, 0) is 14.3 Å². The molecule has 0 aromatic heterocycles. The van der Waals surface area contributed by atoms with E-state index in [-0.39, 0.29) is 12.5 Å². The first kappa shape index (κ1) is 15.9. The van der Waals surface area contributed by atoms with Gasteiger partial charge >= 0.3 is 5.97 Å². The number of hydrogen-bond donors (Lipinski definition) is 2. The van der Waals surface area contributed by atoms with E-state index in [2.05, 4.69) is 5.32 Å². The molecule has 100 valence electrons. The molecule has 2 N–H and O–H groups in total. The Kier molecular flexibility index (Phi) is 9.43. The molecular weight excluding hydrogens is 222 g/mol. The van der Waals surface area contributed by atoms with E-state index in [4.69, 9.17) is 9.84 Å². The third-order valence-electron chi connectivity index (χ3n) is 2.36. The van der Waals surface area contributed by atoms with Gasteiger partial charge < -0.3 is 15.2 Å². The summed E-state index contributed by atoms with van der Waals surface area (Å²) >= 11 is 0. The van der Waals surface area contributed by atoms with Crippen LogP contribution >= 0.6 is 0 Å². The second kappa shape index (κ2) is 10.1.